The third kappa shape index (κ3) is 4.92. The number of nitrogens with zero attached hydrogens (tertiary/aromatic N) is 5. The monoisotopic (exact) mass is 607 g/mol. The molecule has 5 fully saturated rings. The molecule has 1 aromatic carbocycles. The molecule has 0 radical (unpaired) electrons. The molecule has 4 saturated carbocycles. The van der Waals surface area contributed by atoms with Crippen molar-refractivity contribution in [1.82, 2.24) is 14.6 Å². The molecule has 4 aliphatic carbocycles. The van der Waals surface area contributed by atoms with Crippen LogP contribution in [0.1, 0.15) is 39.0 Å². The van der Waals surface area contributed by atoms with E-state index in [9.17, 15) is 18.0 Å². The summed E-state index contributed by atoms with van der Waals surface area (Å²) < 4.78 is 26.0. The maximum absolute atomic E-state index is 13.8. The Bertz CT molecular complexity index is 1490. The summed E-state index contributed by atoms with van der Waals surface area (Å²) in [6.45, 7) is 5.02. The number of benzene rings is 1. The summed E-state index contributed by atoms with van der Waals surface area (Å²) in [4.78, 5) is 37.1. The van der Waals surface area contributed by atoms with E-state index in [4.69, 9.17) is 10.7 Å². The molecule has 2 atom stereocenters. The number of urea groups is 1. The van der Waals surface area contributed by atoms with E-state index in [1.54, 1.807) is 11.2 Å². The number of rotatable bonds is 6. The zero-order chi connectivity index (χ0) is 29.9. The first-order valence-corrected chi connectivity index (χ1v) is 17.2. The molecule has 1 saturated heterocycles. The SMILES string of the molecule is CCS(=O)(=O)N1CCN(c2ccc(N3CCN(C(=O)N[C@H]4C5CC6CC4C[C@@](C(N)=O)(C6)C5)c4ccccc43)nc2)CC1. The van der Waals surface area contributed by atoms with Gasteiger partial charge in [-0.1, -0.05) is 12.1 Å². The van der Waals surface area contributed by atoms with E-state index < -0.39 is 10.0 Å². The van der Waals surface area contributed by atoms with Gasteiger partial charge in [-0.05, 0) is 81.0 Å². The second kappa shape index (κ2) is 10.7. The molecule has 1 aromatic heterocycles. The molecular formula is C31H41N7O4S. The Morgan fingerprint density at radius 3 is 2.28 bits per heavy atom. The van der Waals surface area contributed by atoms with Crippen molar-refractivity contribution in [3.8, 4) is 0 Å². The average Bonchev–Trinajstić information content (AvgIpc) is 3.02. The number of hydrogen-bond acceptors (Lipinski definition) is 7. The van der Waals surface area contributed by atoms with Crippen molar-refractivity contribution in [1.29, 1.82) is 0 Å². The minimum atomic E-state index is -3.17. The highest BCUT2D eigenvalue weighted by molar-refractivity contribution is 7.89. The van der Waals surface area contributed by atoms with Crippen LogP contribution in [0.5, 0.6) is 0 Å². The normalized spacial score (nSPS) is 30.3. The lowest BCUT2D eigenvalue weighted by atomic mass is 9.47. The number of hydrogen-bond donors (Lipinski definition) is 2. The number of pyridine rings is 1. The molecular weight excluding hydrogens is 566 g/mol. The minimum absolute atomic E-state index is 0.0785. The zero-order valence-electron chi connectivity index (χ0n) is 24.7. The number of aromatic nitrogens is 1. The number of anilines is 4. The molecule has 3 amide bonds. The Kier molecular flexibility index (Phi) is 7.04. The fourth-order valence-electron chi connectivity index (χ4n) is 8.72. The maximum Gasteiger partial charge on any atom is 0.322 e. The van der Waals surface area contributed by atoms with Gasteiger partial charge in [-0.25, -0.2) is 18.2 Å². The lowest BCUT2D eigenvalue weighted by molar-refractivity contribution is -0.145. The van der Waals surface area contributed by atoms with Crippen LogP contribution in [0.25, 0.3) is 0 Å². The van der Waals surface area contributed by atoms with Crippen LogP contribution in [0.3, 0.4) is 0 Å². The van der Waals surface area contributed by atoms with Crippen LogP contribution in [-0.4, -0.2) is 80.7 Å². The summed E-state index contributed by atoms with van der Waals surface area (Å²) in [5.41, 5.74) is 8.25. The number of primary amides is 1. The van der Waals surface area contributed by atoms with Gasteiger partial charge in [0.25, 0.3) is 0 Å². The van der Waals surface area contributed by atoms with Gasteiger partial charge in [-0.3, -0.25) is 9.69 Å². The Labute approximate surface area is 253 Å². The first-order valence-electron chi connectivity index (χ1n) is 15.6. The summed E-state index contributed by atoms with van der Waals surface area (Å²) in [5, 5.41) is 3.40. The lowest BCUT2D eigenvalue weighted by Gasteiger charge is -2.59. The molecule has 3 N–H and O–H groups in total. The first kappa shape index (κ1) is 28.4. The third-order valence-corrected chi connectivity index (χ3v) is 12.6. The Hall–Kier alpha value is -3.38. The van der Waals surface area contributed by atoms with E-state index in [1.807, 2.05) is 47.5 Å². The standard InChI is InChI=1S/C31H41N7O4S/c1-2-43(41,42)36-11-9-35(10-12-36)24-7-8-27(33-20-24)37-13-14-38(26-6-4-3-5-25(26)37)30(40)34-28-22-15-21-16-23(28)19-31(17-21,18-22)29(32)39/h3-8,20-23,28H,2,9-19H2,1H3,(H2,32,39)(H,34,40)/t21?,22?,23?,28-,31+. The highest BCUT2D eigenvalue weighted by Gasteiger charge is 2.58. The van der Waals surface area contributed by atoms with Crippen molar-refractivity contribution in [2.45, 2.75) is 45.1 Å². The second-order valence-corrected chi connectivity index (χ2v) is 15.3. The van der Waals surface area contributed by atoms with E-state index in [2.05, 4.69) is 15.1 Å². The molecule has 6 aliphatic rings. The van der Waals surface area contributed by atoms with Crippen LogP contribution >= 0.6 is 0 Å². The summed E-state index contributed by atoms with van der Waals surface area (Å²) in [5.74, 6) is 1.93. The molecule has 4 bridgehead atoms. The topological polar surface area (TPSA) is 132 Å². The molecule has 2 aromatic rings. The Morgan fingerprint density at radius 2 is 1.65 bits per heavy atom. The average molecular weight is 608 g/mol. The van der Waals surface area contributed by atoms with Crippen molar-refractivity contribution < 1.29 is 18.0 Å². The molecule has 3 heterocycles. The number of carbonyl (C=O) groups excluding carboxylic acids is 2. The van der Waals surface area contributed by atoms with Gasteiger partial charge in [0.2, 0.25) is 15.9 Å². The number of para-hydroxylation sites is 2. The van der Waals surface area contributed by atoms with Gasteiger partial charge in [0.1, 0.15) is 5.82 Å². The van der Waals surface area contributed by atoms with Crippen LogP contribution in [0.2, 0.25) is 0 Å². The summed E-state index contributed by atoms with van der Waals surface area (Å²) in [7, 11) is -3.17. The van der Waals surface area contributed by atoms with Gasteiger partial charge in [-0.15, -0.1) is 0 Å². The highest BCUT2D eigenvalue weighted by atomic mass is 32.2. The molecule has 230 valence electrons. The van der Waals surface area contributed by atoms with Crippen LogP contribution < -0.4 is 25.8 Å². The van der Waals surface area contributed by atoms with Crippen LogP contribution in [0.15, 0.2) is 42.6 Å². The fraction of sp³-hybridized carbons (Fsp3) is 0.581. The number of fused-ring (bicyclic) bond motifs is 1. The van der Waals surface area contributed by atoms with Gasteiger partial charge in [0.15, 0.2) is 0 Å². The van der Waals surface area contributed by atoms with Gasteiger partial charge in [-0.2, -0.15) is 4.31 Å². The molecule has 11 nitrogen and oxygen atoms in total. The smallest absolute Gasteiger partial charge is 0.322 e. The zero-order valence-corrected chi connectivity index (χ0v) is 25.5. The van der Waals surface area contributed by atoms with Gasteiger partial charge >= 0.3 is 6.03 Å². The summed E-state index contributed by atoms with van der Waals surface area (Å²) >= 11 is 0. The number of amides is 3. The fourth-order valence-corrected chi connectivity index (χ4v) is 9.81. The predicted octanol–water partition coefficient (Wildman–Crippen LogP) is 2.90. The summed E-state index contributed by atoms with van der Waals surface area (Å²) in [6, 6.07) is 12.0. The summed E-state index contributed by atoms with van der Waals surface area (Å²) in [6.07, 6.45) is 6.48. The van der Waals surface area contributed by atoms with Gasteiger partial charge in [0.05, 0.1) is 29.0 Å². The largest absolute Gasteiger partial charge is 0.369 e. The predicted molar refractivity (Wildman–Crippen MR) is 166 cm³/mol. The Balaban J connectivity index is 1.04. The number of nitrogens with two attached hydrogens (primary N) is 1. The molecule has 8 rings (SSSR count). The van der Waals surface area contributed by atoms with Crippen molar-refractivity contribution in [2.24, 2.45) is 28.9 Å². The quantitative estimate of drug-likeness (QED) is 0.516. The lowest BCUT2D eigenvalue weighted by Crippen LogP contribution is -2.63. The van der Waals surface area contributed by atoms with E-state index >= 15 is 0 Å². The number of carbonyl (C=O) groups is 2. The molecule has 2 unspecified atom stereocenters. The minimum Gasteiger partial charge on any atom is -0.369 e. The van der Waals surface area contributed by atoms with E-state index in [-0.39, 0.29) is 29.1 Å². The van der Waals surface area contributed by atoms with Crippen LogP contribution in [-0.2, 0) is 14.8 Å². The highest BCUT2D eigenvalue weighted by Crippen LogP contribution is 2.60. The number of sulfonamides is 1. The number of piperazine rings is 1. The van der Waals surface area contributed by atoms with Crippen molar-refractivity contribution >= 4 is 44.8 Å². The molecule has 12 heteroatoms. The maximum atomic E-state index is 13.8. The van der Waals surface area contributed by atoms with E-state index in [0.717, 1.165) is 55.0 Å². The number of nitrogens with one attached hydrogen (secondary N) is 1. The van der Waals surface area contributed by atoms with Crippen molar-refractivity contribution in [2.75, 3.05) is 59.7 Å². The van der Waals surface area contributed by atoms with Gasteiger partial charge in [0, 0.05) is 50.7 Å². The van der Waals surface area contributed by atoms with Crippen LogP contribution in [0, 0.1) is 23.2 Å². The molecule has 0 spiro atoms. The van der Waals surface area contributed by atoms with Crippen molar-refractivity contribution in [3.63, 3.8) is 0 Å². The van der Waals surface area contributed by atoms with Crippen molar-refractivity contribution in [3.05, 3.63) is 42.6 Å². The third-order valence-electron chi connectivity index (χ3n) is 10.7. The molecule has 2 aliphatic heterocycles. The van der Waals surface area contributed by atoms with E-state index in [0.29, 0.717) is 57.0 Å². The molecule has 43 heavy (non-hydrogen) atoms. The van der Waals surface area contributed by atoms with E-state index in [1.165, 1.54) is 0 Å². The second-order valence-electron chi connectivity index (χ2n) is 13.0. The first-order chi connectivity index (χ1) is 20.7. The Morgan fingerprint density at radius 1 is 0.953 bits per heavy atom. The van der Waals surface area contributed by atoms with Gasteiger partial charge < -0.3 is 20.9 Å². The van der Waals surface area contributed by atoms with Crippen LogP contribution in [0.4, 0.5) is 27.7 Å².